The van der Waals surface area contributed by atoms with Crippen LogP contribution in [-0.4, -0.2) is 15.4 Å². The van der Waals surface area contributed by atoms with Gasteiger partial charge in [-0.15, -0.1) is 0 Å². The molecule has 0 saturated carbocycles. The topological polar surface area (TPSA) is 58.4 Å². The zero-order valence-corrected chi connectivity index (χ0v) is 15.4. The van der Waals surface area contributed by atoms with E-state index in [9.17, 15) is 9.18 Å². The van der Waals surface area contributed by atoms with Crippen LogP contribution in [0.15, 0.2) is 60.8 Å². The highest BCUT2D eigenvalue weighted by Gasteiger charge is 2.13. The van der Waals surface area contributed by atoms with Crippen LogP contribution in [0.25, 0.3) is 16.2 Å². The lowest BCUT2D eigenvalue weighted by Crippen LogP contribution is -2.28. The van der Waals surface area contributed by atoms with Gasteiger partial charge in [0, 0.05) is 28.0 Å². The van der Waals surface area contributed by atoms with Gasteiger partial charge in [-0.05, 0) is 43.3 Å². The van der Waals surface area contributed by atoms with Crippen molar-refractivity contribution in [3.8, 4) is 11.3 Å². The number of halogens is 1. The van der Waals surface area contributed by atoms with Gasteiger partial charge < -0.3 is 10.6 Å². The predicted molar refractivity (Wildman–Crippen MR) is 106 cm³/mol. The Balaban J connectivity index is 1.47. The number of fused-ring (bicyclic) bond motifs is 1. The van der Waals surface area contributed by atoms with Crippen LogP contribution < -0.4 is 10.6 Å². The van der Waals surface area contributed by atoms with Gasteiger partial charge in [0.2, 0.25) is 0 Å². The number of nitrogens with zero attached hydrogens (tertiary/aromatic N) is 2. The van der Waals surface area contributed by atoms with E-state index in [1.54, 1.807) is 12.1 Å². The maximum atomic E-state index is 13.1. The number of aromatic nitrogens is 2. The van der Waals surface area contributed by atoms with E-state index in [-0.39, 0.29) is 11.8 Å². The van der Waals surface area contributed by atoms with E-state index >= 15 is 0 Å². The van der Waals surface area contributed by atoms with E-state index in [0.717, 1.165) is 32.5 Å². The number of para-hydroxylation sites is 1. The molecule has 2 aromatic carbocycles. The molecular weight excluding hydrogens is 363 g/mol. The van der Waals surface area contributed by atoms with Crippen LogP contribution in [0, 0.1) is 12.7 Å². The number of aryl methyl sites for hydroxylation is 1. The molecule has 0 spiro atoms. The highest BCUT2D eigenvalue weighted by molar-refractivity contribution is 7.17. The number of amides is 2. The monoisotopic (exact) mass is 380 g/mol. The number of thiazole rings is 1. The van der Waals surface area contributed by atoms with E-state index in [1.165, 1.54) is 23.5 Å². The fourth-order valence-corrected chi connectivity index (χ4v) is 3.82. The molecule has 2 heterocycles. The minimum atomic E-state index is -0.266. The summed E-state index contributed by atoms with van der Waals surface area (Å²) < 4.78 is 15.1. The standard InChI is InChI=1S/C20H17FN4OS/c1-13-18(11-22-19(26)23-16-5-3-2-4-6-16)27-20-24-17(12-25(13)20)14-7-9-15(21)10-8-14/h2-10,12H,11H2,1H3,(H2,22,23,26). The minimum Gasteiger partial charge on any atom is -0.333 e. The second kappa shape index (κ2) is 7.20. The lowest BCUT2D eigenvalue weighted by atomic mass is 10.2. The van der Waals surface area contributed by atoms with Gasteiger partial charge in [-0.3, -0.25) is 4.40 Å². The van der Waals surface area contributed by atoms with Gasteiger partial charge in [0.05, 0.1) is 12.2 Å². The number of hydrogen-bond acceptors (Lipinski definition) is 3. The molecule has 0 saturated heterocycles. The number of anilines is 1. The van der Waals surface area contributed by atoms with Crippen molar-refractivity contribution in [2.24, 2.45) is 0 Å². The van der Waals surface area contributed by atoms with Crippen LogP contribution >= 0.6 is 11.3 Å². The van der Waals surface area contributed by atoms with Crippen molar-refractivity contribution in [3.05, 3.63) is 77.2 Å². The Morgan fingerprint density at radius 3 is 2.59 bits per heavy atom. The number of rotatable bonds is 4. The lowest BCUT2D eigenvalue weighted by Gasteiger charge is -2.07. The Kier molecular flexibility index (Phi) is 4.60. The van der Waals surface area contributed by atoms with E-state index in [4.69, 9.17) is 0 Å². The number of hydrogen-bond donors (Lipinski definition) is 2. The zero-order chi connectivity index (χ0) is 18.8. The summed E-state index contributed by atoms with van der Waals surface area (Å²) in [5, 5.41) is 5.67. The summed E-state index contributed by atoms with van der Waals surface area (Å²) in [6.07, 6.45) is 1.93. The van der Waals surface area contributed by atoms with E-state index in [1.807, 2.05) is 47.9 Å². The normalized spacial score (nSPS) is 10.9. The van der Waals surface area contributed by atoms with Crippen molar-refractivity contribution >= 4 is 28.0 Å². The zero-order valence-electron chi connectivity index (χ0n) is 14.6. The second-order valence-corrected chi connectivity index (χ2v) is 7.13. The summed E-state index contributed by atoms with van der Waals surface area (Å²) in [5.41, 5.74) is 3.44. The number of carbonyl (C=O) groups excluding carboxylic acids is 1. The summed E-state index contributed by atoms with van der Waals surface area (Å²) in [5.74, 6) is -0.266. The molecule has 7 heteroatoms. The maximum absolute atomic E-state index is 13.1. The van der Waals surface area contributed by atoms with Gasteiger partial charge in [-0.25, -0.2) is 14.2 Å². The van der Waals surface area contributed by atoms with Crippen LogP contribution in [0.4, 0.5) is 14.9 Å². The van der Waals surface area contributed by atoms with Crippen LogP contribution in [0.3, 0.4) is 0 Å². The Morgan fingerprint density at radius 2 is 1.89 bits per heavy atom. The highest BCUT2D eigenvalue weighted by atomic mass is 32.1. The summed E-state index contributed by atoms with van der Waals surface area (Å²) in [7, 11) is 0. The molecule has 0 aliphatic heterocycles. The van der Waals surface area contributed by atoms with Gasteiger partial charge >= 0.3 is 6.03 Å². The minimum absolute atomic E-state index is 0.251. The molecule has 4 aromatic rings. The smallest absolute Gasteiger partial charge is 0.319 e. The molecule has 2 aromatic heterocycles. The Bertz CT molecular complexity index is 1090. The SMILES string of the molecule is Cc1c(CNC(=O)Nc2ccccc2)sc2nc(-c3ccc(F)cc3)cn12. The van der Waals surface area contributed by atoms with Crippen molar-refractivity contribution in [3.63, 3.8) is 0 Å². The molecule has 0 aliphatic rings. The summed E-state index contributed by atoms with van der Waals surface area (Å²) >= 11 is 1.53. The number of nitrogens with one attached hydrogen (secondary N) is 2. The average molecular weight is 380 g/mol. The summed E-state index contributed by atoms with van der Waals surface area (Å²) in [6.45, 7) is 2.41. The number of benzene rings is 2. The first kappa shape index (κ1) is 17.2. The average Bonchev–Trinajstić information content (AvgIpc) is 3.21. The molecular formula is C20H17FN4OS. The lowest BCUT2D eigenvalue weighted by molar-refractivity contribution is 0.252. The molecule has 0 fully saturated rings. The molecule has 0 unspecified atom stereocenters. The molecule has 5 nitrogen and oxygen atoms in total. The van der Waals surface area contributed by atoms with Crippen LogP contribution in [0.5, 0.6) is 0 Å². The molecule has 0 radical (unpaired) electrons. The Morgan fingerprint density at radius 1 is 1.15 bits per heavy atom. The fraction of sp³-hybridized carbons (Fsp3) is 0.100. The number of imidazole rings is 1. The van der Waals surface area contributed by atoms with Gasteiger partial charge in [-0.2, -0.15) is 0 Å². The van der Waals surface area contributed by atoms with E-state index in [0.29, 0.717) is 6.54 Å². The molecule has 27 heavy (non-hydrogen) atoms. The quantitative estimate of drug-likeness (QED) is 0.533. The highest BCUT2D eigenvalue weighted by Crippen LogP contribution is 2.27. The van der Waals surface area contributed by atoms with Crippen LogP contribution in [-0.2, 0) is 6.54 Å². The molecule has 0 aliphatic carbocycles. The predicted octanol–water partition coefficient (Wildman–Crippen LogP) is 4.83. The summed E-state index contributed by atoms with van der Waals surface area (Å²) in [6, 6.07) is 15.3. The van der Waals surface area contributed by atoms with Crippen molar-refractivity contribution in [2.45, 2.75) is 13.5 Å². The molecule has 2 amide bonds. The first-order valence-electron chi connectivity index (χ1n) is 8.43. The van der Waals surface area contributed by atoms with Crippen molar-refractivity contribution in [2.75, 3.05) is 5.32 Å². The Hall–Kier alpha value is -3.19. The first-order chi connectivity index (χ1) is 13.1. The second-order valence-electron chi connectivity index (χ2n) is 6.07. The third-order valence-corrected chi connectivity index (χ3v) is 5.39. The van der Waals surface area contributed by atoms with Crippen molar-refractivity contribution in [1.29, 1.82) is 0 Å². The van der Waals surface area contributed by atoms with Crippen LogP contribution in [0.2, 0.25) is 0 Å². The molecule has 4 rings (SSSR count). The van der Waals surface area contributed by atoms with Gasteiger partial charge in [0.25, 0.3) is 0 Å². The maximum Gasteiger partial charge on any atom is 0.319 e. The molecule has 0 bridgehead atoms. The summed E-state index contributed by atoms with van der Waals surface area (Å²) in [4.78, 5) is 18.5. The third kappa shape index (κ3) is 3.68. The van der Waals surface area contributed by atoms with E-state index < -0.39 is 0 Å². The number of carbonyl (C=O) groups is 1. The van der Waals surface area contributed by atoms with Gasteiger partial charge in [-0.1, -0.05) is 29.5 Å². The largest absolute Gasteiger partial charge is 0.333 e. The Labute approximate surface area is 159 Å². The fourth-order valence-electron chi connectivity index (χ4n) is 2.78. The molecule has 0 atom stereocenters. The van der Waals surface area contributed by atoms with E-state index in [2.05, 4.69) is 15.6 Å². The van der Waals surface area contributed by atoms with Gasteiger partial charge in [0.1, 0.15) is 5.82 Å². The van der Waals surface area contributed by atoms with Gasteiger partial charge in [0.15, 0.2) is 4.96 Å². The third-order valence-electron chi connectivity index (χ3n) is 4.23. The number of urea groups is 1. The van der Waals surface area contributed by atoms with Crippen molar-refractivity contribution in [1.82, 2.24) is 14.7 Å². The first-order valence-corrected chi connectivity index (χ1v) is 9.25. The van der Waals surface area contributed by atoms with Crippen LogP contribution in [0.1, 0.15) is 10.6 Å². The van der Waals surface area contributed by atoms with Crippen molar-refractivity contribution < 1.29 is 9.18 Å². The molecule has 2 N–H and O–H groups in total. The molecule has 136 valence electrons.